The number of carbonyl (C=O) groups excluding carboxylic acids is 1. The highest BCUT2D eigenvalue weighted by Crippen LogP contribution is 2.20. The zero-order valence-electron chi connectivity index (χ0n) is 11.7. The Kier molecular flexibility index (Phi) is 5.63. The number of rotatable bonds is 6. The molecule has 0 heterocycles. The molecule has 0 fully saturated rings. The summed E-state index contributed by atoms with van der Waals surface area (Å²) >= 11 is 0. The van der Waals surface area contributed by atoms with E-state index in [1.807, 2.05) is 13.8 Å². The molecule has 3 N–H and O–H groups in total. The molecular weight excluding hydrogens is 244 g/mol. The van der Waals surface area contributed by atoms with Crippen LogP contribution in [-0.4, -0.2) is 42.2 Å². The Morgan fingerprint density at radius 1 is 1.42 bits per heavy atom. The summed E-state index contributed by atoms with van der Waals surface area (Å²) in [4.78, 5) is 14.2. The number of aliphatic hydroxyl groups excluding tert-OH is 1. The van der Waals surface area contributed by atoms with E-state index in [2.05, 4.69) is 0 Å². The molecule has 0 aliphatic carbocycles. The Balaban J connectivity index is 2.98. The van der Waals surface area contributed by atoms with Gasteiger partial charge in [-0.15, -0.1) is 0 Å². The minimum atomic E-state index is -0.103. The number of nitrogen functional groups attached to an aromatic ring is 1. The van der Waals surface area contributed by atoms with E-state index in [0.29, 0.717) is 30.0 Å². The number of amides is 1. The Bertz CT molecular complexity index is 433. The molecule has 0 saturated carbocycles. The molecule has 5 heteroatoms. The van der Waals surface area contributed by atoms with Gasteiger partial charge in [0, 0.05) is 36.5 Å². The Morgan fingerprint density at radius 3 is 2.63 bits per heavy atom. The Morgan fingerprint density at radius 2 is 2.11 bits per heavy atom. The fourth-order valence-electron chi connectivity index (χ4n) is 1.86. The van der Waals surface area contributed by atoms with Gasteiger partial charge in [0.2, 0.25) is 0 Å². The normalized spacial score (nSPS) is 10.6. The molecule has 5 nitrogen and oxygen atoms in total. The van der Waals surface area contributed by atoms with Crippen LogP contribution in [0, 0.1) is 0 Å². The summed E-state index contributed by atoms with van der Waals surface area (Å²) in [6.45, 7) is 4.47. The van der Waals surface area contributed by atoms with Crippen molar-refractivity contribution in [3.05, 3.63) is 23.8 Å². The molecule has 1 aromatic rings. The van der Waals surface area contributed by atoms with Gasteiger partial charge in [0.15, 0.2) is 0 Å². The number of methoxy groups -OCH3 is 1. The molecular formula is C14H22N2O3. The van der Waals surface area contributed by atoms with Gasteiger partial charge in [0.1, 0.15) is 5.75 Å². The van der Waals surface area contributed by atoms with Crippen molar-refractivity contribution in [3.63, 3.8) is 0 Å². The van der Waals surface area contributed by atoms with Gasteiger partial charge < -0.3 is 20.5 Å². The molecule has 1 rings (SSSR count). The summed E-state index contributed by atoms with van der Waals surface area (Å²) in [6, 6.07) is 5.04. The molecule has 1 aromatic carbocycles. The molecule has 0 aliphatic rings. The van der Waals surface area contributed by atoms with E-state index in [9.17, 15) is 4.79 Å². The highest BCUT2D eigenvalue weighted by Gasteiger charge is 2.19. The monoisotopic (exact) mass is 266 g/mol. The molecule has 0 aliphatic heterocycles. The minimum absolute atomic E-state index is 0.0616. The fraction of sp³-hybridized carbons (Fsp3) is 0.500. The third-order valence-electron chi connectivity index (χ3n) is 2.85. The van der Waals surface area contributed by atoms with Crippen LogP contribution in [0.25, 0.3) is 0 Å². The zero-order valence-corrected chi connectivity index (χ0v) is 11.7. The third kappa shape index (κ3) is 4.13. The van der Waals surface area contributed by atoms with Crippen molar-refractivity contribution >= 4 is 11.6 Å². The molecule has 106 valence electrons. The second kappa shape index (κ2) is 6.99. The second-order valence-electron chi connectivity index (χ2n) is 4.66. The highest BCUT2D eigenvalue weighted by atomic mass is 16.5. The zero-order chi connectivity index (χ0) is 14.4. The van der Waals surface area contributed by atoms with Crippen molar-refractivity contribution < 1.29 is 14.6 Å². The lowest BCUT2D eigenvalue weighted by Gasteiger charge is -2.27. The topological polar surface area (TPSA) is 75.8 Å². The van der Waals surface area contributed by atoms with Crippen LogP contribution in [0.1, 0.15) is 30.6 Å². The van der Waals surface area contributed by atoms with Crippen LogP contribution >= 0.6 is 0 Å². The average molecular weight is 266 g/mol. The average Bonchev–Trinajstić information content (AvgIpc) is 2.37. The van der Waals surface area contributed by atoms with Crippen LogP contribution in [0.2, 0.25) is 0 Å². The van der Waals surface area contributed by atoms with E-state index in [4.69, 9.17) is 15.6 Å². The van der Waals surface area contributed by atoms with Gasteiger partial charge in [-0.2, -0.15) is 0 Å². The number of hydrogen-bond donors (Lipinski definition) is 2. The molecule has 0 bridgehead atoms. The van der Waals surface area contributed by atoms with Gasteiger partial charge in [0.05, 0.1) is 7.11 Å². The van der Waals surface area contributed by atoms with E-state index in [0.717, 1.165) is 0 Å². The van der Waals surface area contributed by atoms with Crippen molar-refractivity contribution in [1.29, 1.82) is 0 Å². The number of nitrogens with two attached hydrogens (primary N) is 1. The van der Waals surface area contributed by atoms with Crippen LogP contribution < -0.4 is 10.5 Å². The summed E-state index contributed by atoms with van der Waals surface area (Å²) in [5.74, 6) is 0.461. The molecule has 0 radical (unpaired) electrons. The van der Waals surface area contributed by atoms with Gasteiger partial charge in [-0.1, -0.05) is 0 Å². The largest absolute Gasteiger partial charge is 0.497 e. The van der Waals surface area contributed by atoms with E-state index in [1.54, 1.807) is 23.1 Å². The van der Waals surface area contributed by atoms with Crippen LogP contribution in [0.15, 0.2) is 18.2 Å². The minimum Gasteiger partial charge on any atom is -0.497 e. The first-order chi connectivity index (χ1) is 8.99. The smallest absolute Gasteiger partial charge is 0.254 e. The number of nitrogens with zero attached hydrogens (tertiary/aromatic N) is 1. The lowest BCUT2D eigenvalue weighted by Crippen LogP contribution is -2.38. The van der Waals surface area contributed by atoms with Gasteiger partial charge in [-0.25, -0.2) is 0 Å². The summed E-state index contributed by atoms with van der Waals surface area (Å²) < 4.78 is 5.12. The standard InChI is InChI=1S/C14H22N2O3/c1-10(2)16(5-4-6-17)14(18)11-7-12(15)9-13(8-11)19-3/h7-10,17H,4-6,15H2,1-3H3. The number of anilines is 1. The number of ether oxygens (including phenoxy) is 1. The van der Waals surface area contributed by atoms with Gasteiger partial charge >= 0.3 is 0 Å². The fourth-order valence-corrected chi connectivity index (χ4v) is 1.86. The van der Waals surface area contributed by atoms with E-state index < -0.39 is 0 Å². The van der Waals surface area contributed by atoms with E-state index in [-0.39, 0.29) is 18.6 Å². The lowest BCUT2D eigenvalue weighted by atomic mass is 10.1. The molecule has 0 saturated heterocycles. The molecule has 0 spiro atoms. The van der Waals surface area contributed by atoms with Crippen molar-refractivity contribution in [2.75, 3.05) is 26.0 Å². The maximum Gasteiger partial charge on any atom is 0.254 e. The van der Waals surface area contributed by atoms with Crippen molar-refractivity contribution in [2.24, 2.45) is 0 Å². The number of benzene rings is 1. The van der Waals surface area contributed by atoms with Crippen LogP contribution in [-0.2, 0) is 0 Å². The van der Waals surface area contributed by atoms with Crippen LogP contribution in [0.4, 0.5) is 5.69 Å². The molecule has 0 unspecified atom stereocenters. The quantitative estimate of drug-likeness (QED) is 0.765. The molecule has 19 heavy (non-hydrogen) atoms. The maximum absolute atomic E-state index is 12.4. The SMILES string of the molecule is COc1cc(N)cc(C(=O)N(CCCO)C(C)C)c1. The summed E-state index contributed by atoms with van der Waals surface area (Å²) in [6.07, 6.45) is 0.559. The van der Waals surface area contributed by atoms with Gasteiger partial charge in [-0.05, 0) is 32.4 Å². The summed E-state index contributed by atoms with van der Waals surface area (Å²) in [5.41, 5.74) is 6.76. The summed E-state index contributed by atoms with van der Waals surface area (Å²) in [5, 5.41) is 8.90. The molecule has 1 amide bonds. The third-order valence-corrected chi connectivity index (χ3v) is 2.85. The lowest BCUT2D eigenvalue weighted by molar-refractivity contribution is 0.0693. The first-order valence-corrected chi connectivity index (χ1v) is 6.36. The first kappa shape index (κ1) is 15.3. The Hall–Kier alpha value is -1.75. The van der Waals surface area contributed by atoms with Crippen LogP contribution in [0.3, 0.4) is 0 Å². The van der Waals surface area contributed by atoms with E-state index >= 15 is 0 Å². The van der Waals surface area contributed by atoms with Crippen LogP contribution in [0.5, 0.6) is 5.75 Å². The van der Waals surface area contributed by atoms with Crippen molar-refractivity contribution in [1.82, 2.24) is 4.90 Å². The highest BCUT2D eigenvalue weighted by molar-refractivity contribution is 5.95. The molecule has 0 atom stereocenters. The number of hydrogen-bond acceptors (Lipinski definition) is 4. The van der Waals surface area contributed by atoms with Gasteiger partial charge in [0.25, 0.3) is 5.91 Å². The predicted octanol–water partition coefficient (Wildman–Crippen LogP) is 1.51. The summed E-state index contributed by atoms with van der Waals surface area (Å²) in [7, 11) is 1.54. The van der Waals surface area contributed by atoms with E-state index in [1.165, 1.54) is 7.11 Å². The van der Waals surface area contributed by atoms with Crippen molar-refractivity contribution in [3.8, 4) is 5.75 Å². The number of carbonyl (C=O) groups is 1. The molecule has 0 aromatic heterocycles. The number of aliphatic hydroxyl groups is 1. The maximum atomic E-state index is 12.4. The first-order valence-electron chi connectivity index (χ1n) is 6.36. The second-order valence-corrected chi connectivity index (χ2v) is 4.66. The van der Waals surface area contributed by atoms with Crippen molar-refractivity contribution in [2.45, 2.75) is 26.3 Å². The predicted molar refractivity (Wildman–Crippen MR) is 75.3 cm³/mol. The van der Waals surface area contributed by atoms with Gasteiger partial charge in [-0.3, -0.25) is 4.79 Å². The Labute approximate surface area is 114 Å².